The summed E-state index contributed by atoms with van der Waals surface area (Å²) in [6.07, 6.45) is 3.51. The van der Waals surface area contributed by atoms with Gasteiger partial charge in [0.15, 0.2) is 0 Å². The largest absolute Gasteiger partial charge is 0.496 e. The lowest BCUT2D eigenvalue weighted by Crippen LogP contribution is -2.31. The van der Waals surface area contributed by atoms with Gasteiger partial charge in [-0.3, -0.25) is 0 Å². The predicted molar refractivity (Wildman–Crippen MR) is 88.6 cm³/mol. The summed E-state index contributed by atoms with van der Waals surface area (Å²) in [4.78, 5) is 11.8. The quantitative estimate of drug-likeness (QED) is 0.887. The molecule has 0 bridgehead atoms. The van der Waals surface area contributed by atoms with Crippen LogP contribution in [-0.2, 0) is 6.54 Å². The Balaban J connectivity index is 1.85. The summed E-state index contributed by atoms with van der Waals surface area (Å²) in [6.45, 7) is 2.44. The molecule has 2 aromatic rings. The third kappa shape index (κ3) is 4.38. The number of para-hydroxylation sites is 1. The summed E-state index contributed by atoms with van der Waals surface area (Å²) in [5.41, 5.74) is 3.17. The van der Waals surface area contributed by atoms with E-state index < -0.39 is 0 Å². The monoisotopic (exact) mass is 296 g/mol. The van der Waals surface area contributed by atoms with Crippen LogP contribution in [0.3, 0.4) is 0 Å². The molecule has 2 amide bonds. The van der Waals surface area contributed by atoms with E-state index in [2.05, 4.69) is 10.6 Å². The highest BCUT2D eigenvalue weighted by Gasteiger charge is 2.03. The van der Waals surface area contributed by atoms with Crippen molar-refractivity contribution in [1.82, 2.24) is 10.6 Å². The standard InChI is InChI=1S/C18H20N2O2/c1-14-7-3-4-8-15(14)11-12-19-18(21)20-13-16-9-5-6-10-17(16)22-2/h3-12H,13H2,1-2H3,(H2,19,20,21)/b12-11+. The number of benzene rings is 2. The third-order valence-electron chi connectivity index (χ3n) is 3.30. The highest BCUT2D eigenvalue weighted by atomic mass is 16.5. The van der Waals surface area contributed by atoms with Crippen molar-refractivity contribution in [2.24, 2.45) is 0 Å². The number of rotatable bonds is 5. The summed E-state index contributed by atoms with van der Waals surface area (Å²) in [5, 5.41) is 5.49. The zero-order valence-electron chi connectivity index (χ0n) is 12.8. The maximum Gasteiger partial charge on any atom is 0.319 e. The van der Waals surface area contributed by atoms with Crippen LogP contribution in [0.15, 0.2) is 54.7 Å². The molecule has 0 spiro atoms. The van der Waals surface area contributed by atoms with Crippen molar-refractivity contribution >= 4 is 12.1 Å². The molecule has 2 aromatic carbocycles. The van der Waals surface area contributed by atoms with Gasteiger partial charge in [-0.1, -0.05) is 42.5 Å². The Kier molecular flexibility index (Phi) is 5.60. The summed E-state index contributed by atoms with van der Waals surface area (Å²) >= 11 is 0. The third-order valence-corrected chi connectivity index (χ3v) is 3.30. The molecule has 0 radical (unpaired) electrons. The van der Waals surface area contributed by atoms with Crippen LogP contribution in [-0.4, -0.2) is 13.1 Å². The highest BCUT2D eigenvalue weighted by molar-refractivity contribution is 5.76. The molecule has 4 nitrogen and oxygen atoms in total. The molecule has 0 aliphatic carbocycles. The number of carbonyl (C=O) groups is 1. The molecule has 0 saturated carbocycles. The van der Waals surface area contributed by atoms with Crippen molar-refractivity contribution < 1.29 is 9.53 Å². The molecule has 0 aromatic heterocycles. The second-order valence-corrected chi connectivity index (χ2v) is 4.83. The number of carbonyl (C=O) groups excluding carboxylic acids is 1. The van der Waals surface area contributed by atoms with Crippen LogP contribution < -0.4 is 15.4 Å². The molecule has 114 valence electrons. The van der Waals surface area contributed by atoms with Crippen molar-refractivity contribution in [2.75, 3.05) is 7.11 Å². The molecule has 0 fully saturated rings. The Labute approximate surface area is 130 Å². The average molecular weight is 296 g/mol. The van der Waals surface area contributed by atoms with Crippen LogP contribution in [0.25, 0.3) is 6.08 Å². The minimum absolute atomic E-state index is 0.254. The average Bonchev–Trinajstić information content (AvgIpc) is 2.55. The molecule has 22 heavy (non-hydrogen) atoms. The Morgan fingerprint density at radius 1 is 1.14 bits per heavy atom. The van der Waals surface area contributed by atoms with Gasteiger partial charge in [0.1, 0.15) is 5.75 Å². The Bertz CT molecular complexity index is 666. The molecule has 0 aliphatic rings. The van der Waals surface area contributed by atoms with Gasteiger partial charge in [-0.05, 0) is 30.2 Å². The first kappa shape index (κ1) is 15.6. The number of hydrogen-bond acceptors (Lipinski definition) is 2. The summed E-state index contributed by atoms with van der Waals surface area (Å²) in [7, 11) is 1.61. The van der Waals surface area contributed by atoms with E-state index in [1.165, 1.54) is 0 Å². The molecule has 2 N–H and O–H groups in total. The minimum Gasteiger partial charge on any atom is -0.496 e. The number of hydrogen-bond donors (Lipinski definition) is 2. The van der Waals surface area contributed by atoms with Crippen LogP contribution in [0.1, 0.15) is 16.7 Å². The number of urea groups is 1. The lowest BCUT2D eigenvalue weighted by atomic mass is 10.1. The zero-order valence-corrected chi connectivity index (χ0v) is 12.8. The fourth-order valence-electron chi connectivity index (χ4n) is 2.06. The Morgan fingerprint density at radius 3 is 2.64 bits per heavy atom. The maximum atomic E-state index is 11.8. The van der Waals surface area contributed by atoms with Crippen molar-refractivity contribution in [3.8, 4) is 5.75 Å². The molecule has 4 heteroatoms. The van der Waals surface area contributed by atoms with E-state index in [0.717, 1.165) is 22.4 Å². The normalized spacial score (nSPS) is 10.5. The zero-order chi connectivity index (χ0) is 15.8. The van der Waals surface area contributed by atoms with E-state index >= 15 is 0 Å². The first-order valence-electron chi connectivity index (χ1n) is 7.09. The minimum atomic E-state index is -0.254. The first-order valence-corrected chi connectivity index (χ1v) is 7.09. The fourth-order valence-corrected chi connectivity index (χ4v) is 2.06. The van der Waals surface area contributed by atoms with Crippen molar-refractivity contribution in [1.29, 1.82) is 0 Å². The van der Waals surface area contributed by atoms with Gasteiger partial charge in [0.05, 0.1) is 7.11 Å². The fraction of sp³-hybridized carbons (Fsp3) is 0.167. The number of aryl methyl sites for hydroxylation is 1. The second kappa shape index (κ2) is 7.88. The molecular formula is C18H20N2O2. The van der Waals surface area contributed by atoms with Crippen LogP contribution in [0.2, 0.25) is 0 Å². The number of nitrogens with one attached hydrogen (secondary N) is 2. The predicted octanol–water partition coefficient (Wildman–Crippen LogP) is 3.47. The molecule has 0 atom stereocenters. The maximum absolute atomic E-state index is 11.8. The number of amides is 2. The first-order chi connectivity index (χ1) is 10.7. The molecular weight excluding hydrogens is 276 g/mol. The Morgan fingerprint density at radius 2 is 1.86 bits per heavy atom. The van der Waals surface area contributed by atoms with Gasteiger partial charge in [0.25, 0.3) is 0 Å². The van der Waals surface area contributed by atoms with Gasteiger partial charge in [0.2, 0.25) is 0 Å². The lowest BCUT2D eigenvalue weighted by Gasteiger charge is -2.09. The smallest absolute Gasteiger partial charge is 0.319 e. The summed E-state index contributed by atoms with van der Waals surface area (Å²) in [5.74, 6) is 0.762. The van der Waals surface area contributed by atoms with Crippen molar-refractivity contribution in [3.63, 3.8) is 0 Å². The summed E-state index contributed by atoms with van der Waals surface area (Å²) < 4.78 is 5.24. The van der Waals surface area contributed by atoms with Crippen LogP contribution in [0, 0.1) is 6.92 Å². The number of methoxy groups -OCH3 is 1. The Hall–Kier alpha value is -2.75. The van der Waals surface area contributed by atoms with Crippen molar-refractivity contribution in [2.45, 2.75) is 13.5 Å². The van der Waals surface area contributed by atoms with E-state index in [4.69, 9.17) is 4.74 Å². The van der Waals surface area contributed by atoms with Crippen LogP contribution in [0.4, 0.5) is 4.79 Å². The van der Waals surface area contributed by atoms with E-state index in [9.17, 15) is 4.79 Å². The van der Waals surface area contributed by atoms with E-state index in [-0.39, 0.29) is 6.03 Å². The van der Waals surface area contributed by atoms with E-state index in [0.29, 0.717) is 6.54 Å². The topological polar surface area (TPSA) is 50.4 Å². The van der Waals surface area contributed by atoms with Gasteiger partial charge < -0.3 is 15.4 Å². The van der Waals surface area contributed by atoms with Gasteiger partial charge >= 0.3 is 6.03 Å². The molecule has 0 aliphatic heterocycles. The summed E-state index contributed by atoms with van der Waals surface area (Å²) in [6, 6.07) is 15.3. The molecule has 2 rings (SSSR count). The second-order valence-electron chi connectivity index (χ2n) is 4.83. The van der Waals surface area contributed by atoms with Gasteiger partial charge in [-0.2, -0.15) is 0 Å². The van der Waals surface area contributed by atoms with Gasteiger partial charge in [0, 0.05) is 18.3 Å². The molecule has 0 unspecified atom stereocenters. The van der Waals surface area contributed by atoms with E-state index in [1.54, 1.807) is 13.3 Å². The lowest BCUT2D eigenvalue weighted by molar-refractivity contribution is 0.243. The molecule has 0 heterocycles. The SMILES string of the molecule is COc1ccccc1CNC(=O)N/C=C/c1ccccc1C. The van der Waals surface area contributed by atoms with Gasteiger partial charge in [-0.25, -0.2) is 4.79 Å². The molecule has 0 saturated heterocycles. The van der Waals surface area contributed by atoms with Crippen LogP contribution >= 0.6 is 0 Å². The van der Waals surface area contributed by atoms with Crippen molar-refractivity contribution in [3.05, 3.63) is 71.4 Å². The van der Waals surface area contributed by atoms with E-state index in [1.807, 2.05) is 61.5 Å². The number of ether oxygens (including phenoxy) is 1. The highest BCUT2D eigenvalue weighted by Crippen LogP contribution is 2.16. The van der Waals surface area contributed by atoms with Crippen LogP contribution in [0.5, 0.6) is 5.75 Å². The van der Waals surface area contributed by atoms with Gasteiger partial charge in [-0.15, -0.1) is 0 Å².